The average molecular weight is 251 g/mol. The lowest BCUT2D eigenvalue weighted by Crippen LogP contribution is -2.59. The molecule has 17 heavy (non-hydrogen) atoms. The van der Waals surface area contributed by atoms with Crippen LogP contribution < -0.4 is 5.32 Å². The van der Waals surface area contributed by atoms with E-state index in [1.807, 2.05) is 0 Å². The number of halogens is 3. The van der Waals surface area contributed by atoms with Crippen LogP contribution >= 0.6 is 0 Å². The Morgan fingerprint density at radius 2 is 1.71 bits per heavy atom. The number of hydrogen-bond donors (Lipinski definition) is 1. The van der Waals surface area contributed by atoms with E-state index in [0.717, 1.165) is 25.7 Å². The van der Waals surface area contributed by atoms with Crippen molar-refractivity contribution < 1.29 is 17.9 Å². The second-order valence-corrected chi connectivity index (χ2v) is 6.13. The topological polar surface area (TPSA) is 21.3 Å². The zero-order chi connectivity index (χ0) is 12.7. The summed E-state index contributed by atoms with van der Waals surface area (Å²) < 4.78 is 43.4. The van der Waals surface area contributed by atoms with Crippen molar-refractivity contribution in [2.75, 3.05) is 13.1 Å². The van der Waals surface area contributed by atoms with E-state index < -0.39 is 17.9 Å². The van der Waals surface area contributed by atoms with Crippen molar-refractivity contribution in [1.82, 2.24) is 5.32 Å². The Bertz CT molecular complexity index is 278. The Balaban J connectivity index is 2.02. The van der Waals surface area contributed by atoms with Gasteiger partial charge in [-0.15, -0.1) is 0 Å². The van der Waals surface area contributed by atoms with Crippen molar-refractivity contribution >= 4 is 0 Å². The minimum Gasteiger partial charge on any atom is -0.360 e. The first kappa shape index (κ1) is 13.1. The standard InChI is InChI=1S/C12H20F3NO/c1-10(2)3-5-11(6-4-10)8-16-7-9(17-11)12(13,14)15/h9,16H,3-8H2,1-2H3. The molecule has 0 bridgehead atoms. The van der Waals surface area contributed by atoms with Crippen LogP contribution in [0.1, 0.15) is 39.5 Å². The highest BCUT2D eigenvalue weighted by Gasteiger charge is 2.50. The van der Waals surface area contributed by atoms with Gasteiger partial charge in [-0.2, -0.15) is 13.2 Å². The van der Waals surface area contributed by atoms with Crippen molar-refractivity contribution in [1.29, 1.82) is 0 Å². The van der Waals surface area contributed by atoms with Crippen molar-refractivity contribution in [3.63, 3.8) is 0 Å². The highest BCUT2D eigenvalue weighted by Crippen LogP contribution is 2.44. The molecule has 1 atom stereocenters. The smallest absolute Gasteiger partial charge is 0.360 e. The molecule has 2 rings (SSSR count). The Labute approximate surface area is 99.9 Å². The lowest BCUT2D eigenvalue weighted by Gasteiger charge is -2.48. The predicted molar refractivity (Wildman–Crippen MR) is 58.8 cm³/mol. The van der Waals surface area contributed by atoms with Crippen molar-refractivity contribution in [3.05, 3.63) is 0 Å². The summed E-state index contributed by atoms with van der Waals surface area (Å²) in [5.74, 6) is 0. The first-order valence-electron chi connectivity index (χ1n) is 6.18. The molecule has 0 aromatic rings. The summed E-state index contributed by atoms with van der Waals surface area (Å²) in [6.07, 6.45) is -2.59. The first-order valence-corrected chi connectivity index (χ1v) is 6.18. The highest BCUT2D eigenvalue weighted by molar-refractivity contribution is 4.96. The second kappa shape index (κ2) is 4.12. The molecule has 0 aromatic carbocycles. The summed E-state index contributed by atoms with van der Waals surface area (Å²) in [5.41, 5.74) is -0.353. The summed E-state index contributed by atoms with van der Waals surface area (Å²) >= 11 is 0. The second-order valence-electron chi connectivity index (χ2n) is 6.13. The first-order chi connectivity index (χ1) is 7.73. The van der Waals surface area contributed by atoms with Crippen LogP contribution in [0.4, 0.5) is 13.2 Å². The van der Waals surface area contributed by atoms with Gasteiger partial charge in [-0.3, -0.25) is 0 Å². The molecule has 1 saturated carbocycles. The summed E-state index contributed by atoms with van der Waals surface area (Å²) in [7, 11) is 0. The summed E-state index contributed by atoms with van der Waals surface area (Å²) in [6, 6.07) is 0. The molecule has 5 heteroatoms. The van der Waals surface area contributed by atoms with Gasteiger partial charge in [0.05, 0.1) is 5.60 Å². The predicted octanol–water partition coefficient (Wildman–Crippen LogP) is 2.88. The van der Waals surface area contributed by atoms with Crippen LogP contribution in [-0.2, 0) is 4.74 Å². The molecule has 2 fully saturated rings. The van der Waals surface area contributed by atoms with Crippen LogP contribution in [-0.4, -0.2) is 31.0 Å². The molecule has 1 aliphatic heterocycles. The summed E-state index contributed by atoms with van der Waals surface area (Å²) in [5, 5.41) is 2.88. The fourth-order valence-corrected chi connectivity index (χ4v) is 2.68. The largest absolute Gasteiger partial charge is 0.415 e. The molecule has 2 nitrogen and oxygen atoms in total. The van der Waals surface area contributed by atoms with E-state index >= 15 is 0 Å². The van der Waals surface area contributed by atoms with Crippen molar-refractivity contribution in [2.45, 2.75) is 57.4 Å². The normalized spacial score (nSPS) is 32.6. The van der Waals surface area contributed by atoms with E-state index in [4.69, 9.17) is 4.74 Å². The molecule has 100 valence electrons. The molecular formula is C12H20F3NO. The van der Waals surface area contributed by atoms with Crippen LogP contribution in [0.3, 0.4) is 0 Å². The van der Waals surface area contributed by atoms with Gasteiger partial charge >= 0.3 is 6.18 Å². The Morgan fingerprint density at radius 1 is 1.12 bits per heavy atom. The molecule has 1 aliphatic carbocycles. The SMILES string of the molecule is CC1(C)CCC2(CC1)CNCC(C(F)(F)F)O2. The van der Waals surface area contributed by atoms with E-state index in [2.05, 4.69) is 19.2 Å². The van der Waals surface area contributed by atoms with Crippen molar-refractivity contribution in [2.24, 2.45) is 5.41 Å². The maximum absolute atomic E-state index is 12.7. The molecular weight excluding hydrogens is 231 g/mol. The van der Waals surface area contributed by atoms with E-state index in [1.165, 1.54) is 0 Å². The Hall–Kier alpha value is -0.290. The highest BCUT2D eigenvalue weighted by atomic mass is 19.4. The number of ether oxygens (including phenoxy) is 1. The quantitative estimate of drug-likeness (QED) is 0.714. The average Bonchev–Trinajstić information content (AvgIpc) is 2.23. The maximum Gasteiger partial charge on any atom is 0.415 e. The van der Waals surface area contributed by atoms with E-state index in [1.54, 1.807) is 0 Å². The summed E-state index contributed by atoms with van der Waals surface area (Å²) in [4.78, 5) is 0. The molecule has 0 aromatic heterocycles. The van der Waals surface area contributed by atoms with Crippen LogP contribution in [0.2, 0.25) is 0 Å². The third-order valence-electron chi connectivity index (χ3n) is 4.05. The third kappa shape index (κ3) is 2.94. The molecule has 1 unspecified atom stereocenters. The fourth-order valence-electron chi connectivity index (χ4n) is 2.68. The minimum atomic E-state index is -4.26. The van der Waals surface area contributed by atoms with Crippen LogP contribution in [0.5, 0.6) is 0 Å². The van der Waals surface area contributed by atoms with Crippen LogP contribution in [0.15, 0.2) is 0 Å². The van der Waals surface area contributed by atoms with Gasteiger partial charge in [-0.25, -0.2) is 0 Å². The van der Waals surface area contributed by atoms with E-state index in [9.17, 15) is 13.2 Å². The number of morpholine rings is 1. The van der Waals surface area contributed by atoms with Gasteiger partial charge < -0.3 is 10.1 Å². The minimum absolute atomic E-state index is 0.116. The van der Waals surface area contributed by atoms with E-state index in [-0.39, 0.29) is 12.0 Å². The van der Waals surface area contributed by atoms with E-state index in [0.29, 0.717) is 6.54 Å². The van der Waals surface area contributed by atoms with Gasteiger partial charge in [-0.1, -0.05) is 13.8 Å². The zero-order valence-electron chi connectivity index (χ0n) is 10.4. The van der Waals surface area contributed by atoms with Gasteiger partial charge in [0.2, 0.25) is 0 Å². The lowest BCUT2D eigenvalue weighted by atomic mass is 9.70. The monoisotopic (exact) mass is 251 g/mol. The molecule has 2 aliphatic rings. The van der Waals surface area contributed by atoms with Crippen molar-refractivity contribution in [3.8, 4) is 0 Å². The molecule has 1 heterocycles. The van der Waals surface area contributed by atoms with Crippen LogP contribution in [0, 0.1) is 5.41 Å². The third-order valence-corrected chi connectivity index (χ3v) is 4.05. The maximum atomic E-state index is 12.7. The number of nitrogens with one attached hydrogen (secondary N) is 1. The van der Waals surface area contributed by atoms with Gasteiger partial charge in [0.1, 0.15) is 0 Å². The molecule has 0 radical (unpaired) electrons. The lowest BCUT2D eigenvalue weighted by molar-refractivity contribution is -0.269. The van der Waals surface area contributed by atoms with Gasteiger partial charge in [0.25, 0.3) is 0 Å². The Kier molecular flexibility index (Phi) is 3.19. The Morgan fingerprint density at radius 3 is 2.24 bits per heavy atom. The van der Waals surface area contributed by atoms with Gasteiger partial charge in [-0.05, 0) is 31.1 Å². The molecule has 0 amide bonds. The molecule has 1 N–H and O–H groups in total. The number of hydrogen-bond acceptors (Lipinski definition) is 2. The number of alkyl halides is 3. The summed E-state index contributed by atoms with van der Waals surface area (Å²) in [6.45, 7) is 4.76. The van der Waals surface area contributed by atoms with Gasteiger partial charge in [0.15, 0.2) is 6.10 Å². The number of rotatable bonds is 0. The molecule has 1 saturated heterocycles. The van der Waals surface area contributed by atoms with Crippen LogP contribution in [0.25, 0.3) is 0 Å². The van der Waals surface area contributed by atoms with Gasteiger partial charge in [0, 0.05) is 13.1 Å². The fraction of sp³-hybridized carbons (Fsp3) is 1.00. The zero-order valence-corrected chi connectivity index (χ0v) is 10.4. The molecule has 1 spiro atoms.